The molecule has 4 nitrogen and oxygen atoms in total. The molecule has 8 heteroatoms. The Morgan fingerprint density at radius 1 is 1.25 bits per heavy atom. The van der Waals surface area contributed by atoms with Crippen LogP contribution in [0.3, 0.4) is 0 Å². The first-order valence-electron chi connectivity index (χ1n) is 0.925. The topological polar surface area (TPSA) is 77.8 Å². The van der Waals surface area contributed by atoms with E-state index in [0.29, 0.717) is 0 Å². The third kappa shape index (κ3) is 134. The number of halogens is 1. The van der Waals surface area contributed by atoms with Gasteiger partial charge in [-0.3, -0.25) is 0 Å². The van der Waals surface area contributed by atoms with Gasteiger partial charge in [0.1, 0.15) is 0 Å². The minimum atomic E-state index is -4.64. The van der Waals surface area contributed by atoms with E-state index < -0.39 is 7.82 Å². The van der Waals surface area contributed by atoms with Gasteiger partial charge in [0.2, 0.25) is 0 Å². The Bertz CT molecular complexity index is 62.2. The van der Waals surface area contributed by atoms with Gasteiger partial charge >= 0.3 is 57.4 Å². The maximum absolute atomic E-state index is 9.31. The fourth-order valence-electron chi connectivity index (χ4n) is 0. The number of rotatable bonds is 0. The molecule has 0 atom stereocenters. The van der Waals surface area contributed by atoms with Crippen molar-refractivity contribution in [2.45, 2.75) is 0 Å². The van der Waals surface area contributed by atoms with Crippen LogP contribution in [0.25, 0.3) is 0 Å². The molecule has 0 aliphatic heterocycles. The number of hydrogen-bond donors (Lipinski definition) is 3. The molecule has 0 spiro atoms. The molecule has 0 saturated heterocycles. The summed E-state index contributed by atoms with van der Waals surface area (Å²) >= 11 is 1.44. The summed E-state index contributed by atoms with van der Waals surface area (Å²) in [5, 5.41) is 0. The Kier molecular flexibility index (Phi) is 17.4. The van der Waals surface area contributed by atoms with Gasteiger partial charge < -0.3 is 14.7 Å². The molecule has 0 amide bonds. The Labute approximate surface area is 76.3 Å². The average molecular weight is 196 g/mol. The van der Waals surface area contributed by atoms with E-state index in [1.807, 2.05) is 0 Å². The second-order valence-corrected chi connectivity index (χ2v) is 1.54. The van der Waals surface area contributed by atoms with Crippen LogP contribution < -0.4 is 0 Å². The first kappa shape index (κ1) is 16.3. The SMILES string of the molecule is O=P(O)(O)O.[F][Mn].[NaH]. The van der Waals surface area contributed by atoms with Crippen molar-refractivity contribution in [3.63, 3.8) is 0 Å². The van der Waals surface area contributed by atoms with Crippen molar-refractivity contribution in [2.24, 2.45) is 0 Å². The van der Waals surface area contributed by atoms with Gasteiger partial charge in [-0.25, -0.2) is 4.57 Å². The van der Waals surface area contributed by atoms with Gasteiger partial charge in [0, 0.05) is 0 Å². The van der Waals surface area contributed by atoms with Crippen molar-refractivity contribution in [3.8, 4) is 0 Å². The van der Waals surface area contributed by atoms with Crippen LogP contribution in [0.2, 0.25) is 0 Å². The summed E-state index contributed by atoms with van der Waals surface area (Å²) in [7, 11) is -4.64. The second kappa shape index (κ2) is 8.56. The van der Waals surface area contributed by atoms with Gasteiger partial charge in [0.05, 0.1) is 0 Å². The van der Waals surface area contributed by atoms with Crippen LogP contribution in [0.5, 0.6) is 0 Å². The normalized spacial score (nSPS) is 8.12. The molecule has 0 aliphatic carbocycles. The van der Waals surface area contributed by atoms with E-state index in [1.165, 1.54) is 16.5 Å². The third-order valence-electron chi connectivity index (χ3n) is 0. The van der Waals surface area contributed by atoms with Gasteiger partial charge in [0.15, 0.2) is 0 Å². The summed E-state index contributed by atoms with van der Waals surface area (Å²) in [4.78, 5) is 21.6. The Balaban J connectivity index is -0.0000000750. The molecule has 0 aromatic rings. The summed E-state index contributed by atoms with van der Waals surface area (Å²) < 4.78 is 18.2. The predicted molar refractivity (Wildman–Crippen MR) is 22.5 cm³/mol. The first-order valence-corrected chi connectivity index (χ1v) is 2.94. The van der Waals surface area contributed by atoms with E-state index in [-0.39, 0.29) is 29.6 Å². The van der Waals surface area contributed by atoms with Crippen molar-refractivity contribution in [1.82, 2.24) is 0 Å². The minimum absolute atomic E-state index is 0. The monoisotopic (exact) mass is 196 g/mol. The summed E-state index contributed by atoms with van der Waals surface area (Å²) in [5.41, 5.74) is 0. The van der Waals surface area contributed by atoms with Gasteiger partial charge in [-0.05, 0) is 0 Å². The predicted octanol–water partition coefficient (Wildman–Crippen LogP) is -1.16. The van der Waals surface area contributed by atoms with Gasteiger partial charge in [-0.2, -0.15) is 0 Å². The summed E-state index contributed by atoms with van der Waals surface area (Å²) in [6, 6.07) is 0. The van der Waals surface area contributed by atoms with Gasteiger partial charge in [0.25, 0.3) is 0 Å². The summed E-state index contributed by atoms with van der Waals surface area (Å²) in [5.74, 6) is 0. The van der Waals surface area contributed by atoms with Crippen LogP contribution in [0.1, 0.15) is 0 Å². The van der Waals surface area contributed by atoms with Crippen LogP contribution in [-0.2, 0) is 21.0 Å². The molecule has 0 aliphatic rings. The second-order valence-electron chi connectivity index (χ2n) is 0.513. The standard InChI is InChI=1S/FH.Mn.Na.H3O4P.H/c;;;1-5(2,3)4;/h1H;;;(H3,1,2,3,4);/q;+1;;;/p-1. The molecule has 0 rings (SSSR count). The molecule has 8 heavy (non-hydrogen) atoms. The fourth-order valence-corrected chi connectivity index (χ4v) is 0. The molecule has 3 N–H and O–H groups in total. The molecule has 0 heterocycles. The molecule has 0 unspecified atom stereocenters. The van der Waals surface area contributed by atoms with Crippen LogP contribution in [-0.4, -0.2) is 44.2 Å². The Hall–Kier alpha value is 1.56. The van der Waals surface area contributed by atoms with E-state index in [4.69, 9.17) is 19.2 Å². The molecule has 0 fully saturated rings. The zero-order valence-electron chi connectivity index (χ0n) is 2.95. The van der Waals surface area contributed by atoms with Crippen LogP contribution in [0.4, 0.5) is 3.55 Å². The molecular formula is H4FMnNaO4P. The summed E-state index contributed by atoms with van der Waals surface area (Å²) in [6.07, 6.45) is 0. The molecule has 0 bridgehead atoms. The van der Waals surface area contributed by atoms with E-state index in [2.05, 4.69) is 0 Å². The molecular weight excluding hydrogens is 192 g/mol. The van der Waals surface area contributed by atoms with Gasteiger partial charge in [-0.15, -0.1) is 0 Å². The van der Waals surface area contributed by atoms with Crippen LogP contribution >= 0.6 is 7.82 Å². The third-order valence-corrected chi connectivity index (χ3v) is 0. The van der Waals surface area contributed by atoms with Crippen molar-refractivity contribution in [2.75, 3.05) is 0 Å². The number of phosphoric acid groups is 1. The molecule has 0 radical (unpaired) electrons. The Morgan fingerprint density at radius 2 is 1.25 bits per heavy atom. The van der Waals surface area contributed by atoms with E-state index in [1.54, 1.807) is 0 Å². The maximum atomic E-state index is 9.31. The van der Waals surface area contributed by atoms with Crippen LogP contribution in [0, 0.1) is 0 Å². The van der Waals surface area contributed by atoms with E-state index in [9.17, 15) is 3.55 Å². The zero-order valence-corrected chi connectivity index (χ0v) is 5.03. The van der Waals surface area contributed by atoms with Gasteiger partial charge in [-0.1, -0.05) is 0 Å². The fraction of sp³-hybridized carbons (Fsp3) is 0. The zero-order chi connectivity index (χ0) is 6.50. The average Bonchev–Trinajstić information content (AvgIpc) is 1.36. The van der Waals surface area contributed by atoms with Crippen molar-refractivity contribution in [3.05, 3.63) is 0 Å². The van der Waals surface area contributed by atoms with E-state index >= 15 is 0 Å². The Morgan fingerprint density at radius 3 is 1.25 bits per heavy atom. The van der Waals surface area contributed by atoms with E-state index in [0.717, 1.165) is 0 Å². The quantitative estimate of drug-likeness (QED) is 0.337. The van der Waals surface area contributed by atoms with Crippen LogP contribution in [0.15, 0.2) is 0 Å². The molecule has 0 aromatic carbocycles. The first-order chi connectivity index (χ1) is 3.00. The summed E-state index contributed by atoms with van der Waals surface area (Å²) in [6.45, 7) is 0. The number of hydrogen-bond acceptors (Lipinski definition) is 1. The molecule has 48 valence electrons. The van der Waals surface area contributed by atoms with Crippen molar-refractivity contribution >= 4 is 37.4 Å². The molecule has 0 saturated carbocycles. The van der Waals surface area contributed by atoms with Crippen molar-refractivity contribution < 1.29 is 39.3 Å². The van der Waals surface area contributed by atoms with Crippen molar-refractivity contribution in [1.29, 1.82) is 0 Å². The molecule has 0 aromatic heterocycles.